The summed E-state index contributed by atoms with van der Waals surface area (Å²) in [5.74, 6) is -0.939. The number of nitrogens with zero attached hydrogens (tertiary/aromatic N) is 2. The Balaban J connectivity index is 1.73. The van der Waals surface area contributed by atoms with E-state index in [0.29, 0.717) is 5.69 Å². The highest BCUT2D eigenvalue weighted by atomic mass is 79.9. The van der Waals surface area contributed by atoms with E-state index in [1.807, 2.05) is 30.3 Å². The van der Waals surface area contributed by atoms with Crippen LogP contribution in [0.1, 0.15) is 31.9 Å². The Hall–Kier alpha value is -2.77. The lowest BCUT2D eigenvalue weighted by atomic mass is 9.88. The number of rotatable bonds is 2. The molecule has 7 heteroatoms. The molecule has 158 valence electrons. The molecule has 0 unspecified atom stereocenters. The van der Waals surface area contributed by atoms with Crippen LogP contribution in [0.15, 0.2) is 58.6 Å². The first kappa shape index (κ1) is 21.5. The number of fused-ring (bicyclic) bond motifs is 1. The summed E-state index contributed by atoms with van der Waals surface area (Å²) in [6.07, 6.45) is 3.84. The van der Waals surface area contributed by atoms with Crippen LogP contribution in [-0.4, -0.2) is 29.5 Å². The number of nitrogens with one attached hydrogen (secondary N) is 1. The van der Waals surface area contributed by atoms with Crippen molar-refractivity contribution in [1.82, 2.24) is 5.32 Å². The number of halogens is 1. The normalized spacial score (nSPS) is 19.3. The zero-order valence-corrected chi connectivity index (χ0v) is 20.1. The van der Waals surface area contributed by atoms with Crippen molar-refractivity contribution in [2.45, 2.75) is 26.3 Å². The van der Waals surface area contributed by atoms with E-state index >= 15 is 0 Å². The standard InChI is InChI=1S/C24H22BrN3O2S/c1-14-13-24(2,3)27(4)20-10-5-15(11-18(14)20)12-19-21(29)26-23(31)28(22(19)30)17-8-6-16(25)7-9-17/h5-13H,1-4H3,(H,26,29,31)/b19-12-. The zero-order chi connectivity index (χ0) is 22.5. The van der Waals surface area contributed by atoms with Gasteiger partial charge in [-0.2, -0.15) is 0 Å². The highest BCUT2D eigenvalue weighted by Crippen LogP contribution is 2.38. The SMILES string of the molecule is CC1=CC(C)(C)N(C)c2ccc(/C=C3/C(=O)NC(=S)N(c4ccc(Br)cc4)C3=O)cc21. The predicted molar refractivity (Wildman–Crippen MR) is 133 cm³/mol. The number of hydrogen-bond acceptors (Lipinski definition) is 4. The lowest BCUT2D eigenvalue weighted by Crippen LogP contribution is -2.54. The summed E-state index contributed by atoms with van der Waals surface area (Å²) < 4.78 is 0.886. The van der Waals surface area contributed by atoms with Crippen molar-refractivity contribution in [2.24, 2.45) is 0 Å². The number of hydrogen-bond donors (Lipinski definition) is 1. The highest BCUT2D eigenvalue weighted by molar-refractivity contribution is 9.10. The van der Waals surface area contributed by atoms with Crippen molar-refractivity contribution in [3.8, 4) is 0 Å². The highest BCUT2D eigenvalue weighted by Gasteiger charge is 2.34. The maximum atomic E-state index is 13.2. The Morgan fingerprint density at radius 2 is 1.77 bits per heavy atom. The molecular weight excluding hydrogens is 474 g/mol. The third kappa shape index (κ3) is 3.83. The van der Waals surface area contributed by atoms with E-state index in [-0.39, 0.29) is 16.2 Å². The van der Waals surface area contributed by atoms with Gasteiger partial charge in [-0.15, -0.1) is 0 Å². The molecule has 31 heavy (non-hydrogen) atoms. The molecule has 2 aliphatic rings. The number of benzene rings is 2. The second-order valence-electron chi connectivity index (χ2n) is 8.25. The quantitative estimate of drug-likeness (QED) is 0.365. The number of anilines is 2. The van der Waals surface area contributed by atoms with Gasteiger partial charge in [0.05, 0.1) is 11.2 Å². The molecule has 5 nitrogen and oxygen atoms in total. The van der Waals surface area contributed by atoms with E-state index in [0.717, 1.165) is 26.9 Å². The van der Waals surface area contributed by atoms with E-state index in [2.05, 4.69) is 60.0 Å². The smallest absolute Gasteiger partial charge is 0.270 e. The molecule has 2 aromatic carbocycles. The predicted octanol–water partition coefficient (Wildman–Crippen LogP) is 4.91. The van der Waals surface area contributed by atoms with Crippen molar-refractivity contribution in [1.29, 1.82) is 0 Å². The van der Waals surface area contributed by atoms with Gasteiger partial charge in [-0.25, -0.2) is 0 Å². The van der Waals surface area contributed by atoms with Crippen LogP contribution in [0.4, 0.5) is 11.4 Å². The van der Waals surface area contributed by atoms with Crippen LogP contribution in [0.25, 0.3) is 11.6 Å². The molecule has 0 bridgehead atoms. The number of thiocarbonyl (C=S) groups is 1. The Morgan fingerprint density at radius 3 is 2.45 bits per heavy atom. The molecule has 0 spiro atoms. The van der Waals surface area contributed by atoms with Crippen LogP contribution >= 0.6 is 28.1 Å². The van der Waals surface area contributed by atoms with Gasteiger partial charge in [0.25, 0.3) is 11.8 Å². The summed E-state index contributed by atoms with van der Waals surface area (Å²) in [6, 6.07) is 13.2. The fourth-order valence-electron chi connectivity index (χ4n) is 3.92. The van der Waals surface area contributed by atoms with Gasteiger partial charge in [0.1, 0.15) is 5.57 Å². The van der Waals surface area contributed by atoms with Crippen LogP contribution in [0.3, 0.4) is 0 Å². The Labute approximate surface area is 195 Å². The molecule has 0 aliphatic carbocycles. The number of carbonyl (C=O) groups excluding carboxylic acids is 2. The topological polar surface area (TPSA) is 52.7 Å². The van der Waals surface area contributed by atoms with Gasteiger partial charge in [0, 0.05) is 22.8 Å². The van der Waals surface area contributed by atoms with Crippen molar-refractivity contribution in [3.05, 3.63) is 69.7 Å². The van der Waals surface area contributed by atoms with E-state index < -0.39 is 11.8 Å². The fraction of sp³-hybridized carbons (Fsp3) is 0.208. The molecule has 4 rings (SSSR count). The van der Waals surface area contributed by atoms with Crippen molar-refractivity contribution in [2.75, 3.05) is 16.8 Å². The molecule has 2 aliphatic heterocycles. The van der Waals surface area contributed by atoms with Crippen LogP contribution in [-0.2, 0) is 9.59 Å². The summed E-state index contributed by atoms with van der Waals surface area (Å²) in [7, 11) is 2.06. The van der Waals surface area contributed by atoms with Gasteiger partial charge >= 0.3 is 0 Å². The summed E-state index contributed by atoms with van der Waals surface area (Å²) >= 11 is 8.65. The van der Waals surface area contributed by atoms with Crippen LogP contribution in [0.5, 0.6) is 0 Å². The zero-order valence-electron chi connectivity index (χ0n) is 17.7. The van der Waals surface area contributed by atoms with Gasteiger partial charge < -0.3 is 4.90 Å². The second-order valence-corrected chi connectivity index (χ2v) is 9.55. The van der Waals surface area contributed by atoms with E-state index in [9.17, 15) is 9.59 Å². The summed E-state index contributed by atoms with van der Waals surface area (Å²) in [4.78, 5) is 29.4. The lowest BCUT2D eigenvalue weighted by Gasteiger charge is -2.40. The maximum absolute atomic E-state index is 13.2. The molecule has 0 aromatic heterocycles. The van der Waals surface area contributed by atoms with Crippen molar-refractivity contribution < 1.29 is 9.59 Å². The Kier molecular flexibility index (Phi) is 5.35. The summed E-state index contributed by atoms with van der Waals surface area (Å²) in [5, 5.41) is 2.70. The number of amides is 2. The van der Waals surface area contributed by atoms with Crippen LogP contribution in [0, 0.1) is 0 Å². The van der Waals surface area contributed by atoms with Gasteiger partial charge in [-0.05, 0) is 86.6 Å². The lowest BCUT2D eigenvalue weighted by molar-refractivity contribution is -0.122. The number of allylic oxidation sites excluding steroid dienone is 1. The first-order valence-electron chi connectivity index (χ1n) is 9.83. The van der Waals surface area contributed by atoms with E-state index in [4.69, 9.17) is 12.2 Å². The molecule has 2 aromatic rings. The summed E-state index contributed by atoms with van der Waals surface area (Å²) in [5.41, 5.74) is 4.69. The molecule has 2 amide bonds. The molecular formula is C24H22BrN3O2S. The fourth-order valence-corrected chi connectivity index (χ4v) is 4.46. The molecule has 1 fully saturated rings. The third-order valence-corrected chi connectivity index (χ3v) is 6.55. The third-order valence-electron chi connectivity index (χ3n) is 5.74. The maximum Gasteiger partial charge on any atom is 0.270 e. The average Bonchev–Trinajstić information content (AvgIpc) is 2.70. The molecule has 2 heterocycles. The first-order chi connectivity index (χ1) is 14.6. The second kappa shape index (κ2) is 7.73. The van der Waals surface area contributed by atoms with Gasteiger partial charge in [0.15, 0.2) is 5.11 Å². The molecule has 0 atom stereocenters. The van der Waals surface area contributed by atoms with Gasteiger partial charge in [-0.1, -0.05) is 28.1 Å². The largest absolute Gasteiger partial charge is 0.366 e. The summed E-state index contributed by atoms with van der Waals surface area (Å²) in [6.45, 7) is 6.41. The van der Waals surface area contributed by atoms with Crippen molar-refractivity contribution >= 4 is 68.1 Å². The number of likely N-dealkylation sites (N-methyl/N-ethyl adjacent to an activating group) is 1. The number of carbonyl (C=O) groups is 2. The Bertz CT molecular complexity index is 1180. The molecule has 1 saturated heterocycles. The molecule has 0 saturated carbocycles. The first-order valence-corrected chi connectivity index (χ1v) is 11.0. The minimum Gasteiger partial charge on any atom is -0.366 e. The molecule has 0 radical (unpaired) electrons. The Morgan fingerprint density at radius 1 is 1.10 bits per heavy atom. The monoisotopic (exact) mass is 495 g/mol. The van der Waals surface area contributed by atoms with E-state index in [1.54, 1.807) is 18.2 Å². The minimum atomic E-state index is -0.494. The van der Waals surface area contributed by atoms with E-state index in [1.165, 1.54) is 4.90 Å². The van der Waals surface area contributed by atoms with Crippen molar-refractivity contribution in [3.63, 3.8) is 0 Å². The van der Waals surface area contributed by atoms with Gasteiger partial charge in [0.2, 0.25) is 0 Å². The molecule has 1 N–H and O–H groups in total. The van der Waals surface area contributed by atoms with Crippen LogP contribution in [0.2, 0.25) is 0 Å². The van der Waals surface area contributed by atoms with Gasteiger partial charge in [-0.3, -0.25) is 19.8 Å². The average molecular weight is 496 g/mol. The van der Waals surface area contributed by atoms with Crippen LogP contribution < -0.4 is 15.1 Å². The minimum absolute atomic E-state index is 0.0441.